The van der Waals surface area contributed by atoms with Crippen LogP contribution in [-0.2, 0) is 52.2 Å². The largest absolute Gasteiger partial charge is 0.432 e. The summed E-state index contributed by atoms with van der Waals surface area (Å²) in [4.78, 5) is 20.2. The third kappa shape index (κ3) is 15.2. The fourth-order valence-electron chi connectivity index (χ4n) is 20.0. The Morgan fingerprint density at radius 3 is 1.86 bits per heavy atom. The highest BCUT2D eigenvalue weighted by molar-refractivity contribution is 7.99. The number of nitrogens with zero attached hydrogens (tertiary/aromatic N) is 1. The number of halogens is 2. The molecule has 11 aliphatic rings. The van der Waals surface area contributed by atoms with Gasteiger partial charge in [0.25, 0.3) is 0 Å². The maximum atomic E-state index is 15.4. The molecule has 0 spiro atoms. The normalized spacial score (nSPS) is 46.6. The van der Waals surface area contributed by atoms with E-state index in [4.69, 9.17) is 59.0 Å². The van der Waals surface area contributed by atoms with Gasteiger partial charge in [-0.2, -0.15) is 0 Å². The van der Waals surface area contributed by atoms with Crippen LogP contribution in [0.25, 0.3) is 5.57 Å². The van der Waals surface area contributed by atoms with Gasteiger partial charge in [0.05, 0.1) is 44.2 Å². The van der Waals surface area contributed by atoms with E-state index in [1.54, 1.807) is 6.92 Å². The van der Waals surface area contributed by atoms with Crippen molar-refractivity contribution < 1.29 is 124 Å². The van der Waals surface area contributed by atoms with E-state index in [9.17, 15) is 71.5 Å². The van der Waals surface area contributed by atoms with Crippen molar-refractivity contribution in [3.63, 3.8) is 0 Å². The number of ether oxygens (including phenoxy) is 10. The summed E-state index contributed by atoms with van der Waals surface area (Å²) in [6.45, 7) is 18.2. The molecule has 0 bridgehead atoms. The number of aliphatic hydroxyl groups is 14. The molecule has 14 N–H and O–H groups in total. The highest BCUT2D eigenvalue weighted by Gasteiger charge is 2.72. The summed E-state index contributed by atoms with van der Waals surface area (Å²) in [5.74, 6) is -1.00. The molecular formula is C76H113Cl2NO25S. The smallest absolute Gasteiger partial charge is 0.317 e. The molecule has 0 radical (unpaired) electrons. The molecule has 105 heavy (non-hydrogen) atoms. The first-order chi connectivity index (χ1) is 48.9. The Kier molecular flexibility index (Phi) is 25.5. The average molecular weight is 1540 g/mol. The number of benzene rings is 2. The van der Waals surface area contributed by atoms with Crippen molar-refractivity contribution >= 4 is 47.3 Å². The number of hydrogen-bond acceptors (Lipinski definition) is 27. The number of hydrogen-bond donors (Lipinski definition) is 14. The van der Waals surface area contributed by atoms with Crippen LogP contribution in [0, 0.1) is 50.2 Å². The minimum atomic E-state index is -1.93. The van der Waals surface area contributed by atoms with Crippen LogP contribution in [0.1, 0.15) is 138 Å². The van der Waals surface area contributed by atoms with Gasteiger partial charge in [-0.05, 0) is 178 Å². The van der Waals surface area contributed by atoms with Crippen LogP contribution in [0.15, 0.2) is 70.0 Å². The minimum Gasteiger partial charge on any atom is -0.432 e. The summed E-state index contributed by atoms with van der Waals surface area (Å²) in [6.07, 6.45) is -25.9. The van der Waals surface area contributed by atoms with E-state index in [2.05, 4.69) is 116 Å². The topological polar surface area (TPSA) is 396 Å². The molecule has 29 heteroatoms. The third-order valence-electron chi connectivity index (χ3n) is 26.2. The van der Waals surface area contributed by atoms with Gasteiger partial charge in [0.2, 0.25) is 6.29 Å². The number of esters is 1. The predicted octanol–water partition coefficient (Wildman–Crippen LogP) is 3.70. The zero-order valence-corrected chi connectivity index (χ0v) is 64.0. The first kappa shape index (κ1) is 83.3. The number of rotatable bonds is 14. The molecule has 32 unspecified atom stereocenters. The fraction of sp³-hybridized carbons (Fsp3) is 0.776. The summed E-state index contributed by atoms with van der Waals surface area (Å²) >= 11 is 8.03. The second-order valence-corrected chi connectivity index (χ2v) is 35.2. The van der Waals surface area contributed by atoms with E-state index < -0.39 is 195 Å². The van der Waals surface area contributed by atoms with Crippen molar-refractivity contribution in [1.82, 2.24) is 4.90 Å². The van der Waals surface area contributed by atoms with Crippen molar-refractivity contribution in [1.29, 1.82) is 0 Å². The SMILES string of the molecule is CC1OC(OC2CCC3(C)C(CCC4(C)C3CC=C3C5CC(C)(C)CCC5(C(=O)OC5OCC(O)C(O)C5OC5OC(C)C(OC6OC(CO)C(O)C(O)C6O)C(O)C5O)C(O)CC34C)C2(C)C)C(O)C(O)C1OC1OCC(O)C(O)C1O.CN(C)CCC=C1c2ccccc2Sc2ccc(Cl)cc21.Cl. The number of aliphatic hydroxyl groups excluding tert-OH is 14. The second kappa shape index (κ2) is 32.1. The van der Waals surface area contributed by atoms with Gasteiger partial charge in [-0.25, -0.2) is 0 Å². The summed E-state index contributed by atoms with van der Waals surface area (Å²) in [6, 6.07) is 14.8. The van der Waals surface area contributed by atoms with Crippen LogP contribution in [0.5, 0.6) is 0 Å². The van der Waals surface area contributed by atoms with Crippen molar-refractivity contribution in [2.24, 2.45) is 50.2 Å². The van der Waals surface area contributed by atoms with Crippen molar-refractivity contribution in [3.8, 4) is 0 Å². The van der Waals surface area contributed by atoms with E-state index in [0.29, 0.717) is 25.7 Å². The molecular weight excluding hydrogens is 1430 g/mol. The lowest BCUT2D eigenvalue weighted by Crippen LogP contribution is -2.68. The number of carbonyl (C=O) groups is 1. The standard InChI is InChI=1S/C58H94O25.C18H18ClNS.ClH/c1-23-44(80-47-40(69)34(63)27(60)21-74-47)38(67)42(71)48(76-23)79-33-13-14-55(7)30(54(33,5)6)12-15-56(8)31(55)11-10-25-26-18-53(3,4)16-17-58(26,32(62)19-57(25,56)9)52(73)83-51-46(35(64)28(61)22-75-51)82-49-43(72)39(68)45(24(2)77-49)81-50-41(70)37(66)36(65)29(20-59)78-50;1-20(2)11-5-7-14-15-6-3-4-8-17(15)21-18-10-9-13(19)12-16(14)18;/h10,23-24,26-51,59-72H,11-22H2,1-9H3;3-4,6-10,12H,5,11H2,1-2H3;1H. The van der Waals surface area contributed by atoms with Crippen LogP contribution in [0.3, 0.4) is 0 Å². The molecule has 6 aliphatic heterocycles. The minimum absolute atomic E-state index is 0. The molecule has 26 nitrogen and oxygen atoms in total. The van der Waals surface area contributed by atoms with E-state index in [0.717, 1.165) is 42.8 Å². The van der Waals surface area contributed by atoms with E-state index in [-0.39, 0.29) is 59.9 Å². The predicted molar refractivity (Wildman–Crippen MR) is 382 cm³/mol. The number of allylic oxidation sites excluding steroid dienone is 2. The first-order valence-electron chi connectivity index (χ1n) is 37.0. The zero-order chi connectivity index (χ0) is 75.4. The molecule has 2 aromatic carbocycles. The molecule has 32 atom stereocenters. The van der Waals surface area contributed by atoms with Crippen LogP contribution in [0.2, 0.25) is 5.02 Å². The summed E-state index contributed by atoms with van der Waals surface area (Å²) in [5, 5.41) is 153. The zero-order valence-electron chi connectivity index (χ0n) is 61.7. The Morgan fingerprint density at radius 2 is 1.20 bits per heavy atom. The molecule has 592 valence electrons. The highest BCUT2D eigenvalue weighted by atomic mass is 35.5. The highest BCUT2D eigenvalue weighted by Crippen LogP contribution is 2.76. The molecule has 6 heterocycles. The van der Waals surface area contributed by atoms with Gasteiger partial charge >= 0.3 is 5.97 Å². The molecule has 9 fully saturated rings. The number of carbonyl (C=O) groups excluding carboxylic acids is 1. The second-order valence-electron chi connectivity index (χ2n) is 33.7. The molecule has 5 saturated heterocycles. The van der Waals surface area contributed by atoms with Crippen LogP contribution < -0.4 is 0 Å². The summed E-state index contributed by atoms with van der Waals surface area (Å²) in [5.41, 5.74) is 1.60. The Labute approximate surface area is 629 Å². The Morgan fingerprint density at radius 1 is 0.619 bits per heavy atom. The van der Waals surface area contributed by atoms with Gasteiger partial charge in [0.1, 0.15) is 97.0 Å². The average Bonchev–Trinajstić information content (AvgIpc) is 0.671. The Bertz CT molecular complexity index is 3410. The maximum Gasteiger partial charge on any atom is 0.317 e. The van der Waals surface area contributed by atoms with E-state index in [1.807, 2.05) is 17.8 Å². The monoisotopic (exact) mass is 1540 g/mol. The van der Waals surface area contributed by atoms with Crippen molar-refractivity contribution in [2.75, 3.05) is 40.5 Å². The van der Waals surface area contributed by atoms with Crippen molar-refractivity contribution in [3.05, 3.63) is 76.3 Å². The lowest BCUT2D eigenvalue weighted by atomic mass is 9.33. The van der Waals surface area contributed by atoms with Crippen LogP contribution in [0.4, 0.5) is 0 Å². The molecule has 13 rings (SSSR count). The van der Waals surface area contributed by atoms with Gasteiger partial charge in [-0.15, -0.1) is 12.4 Å². The Balaban J connectivity index is 0.000000427. The maximum absolute atomic E-state index is 15.4. The van der Waals surface area contributed by atoms with Gasteiger partial charge in [-0.1, -0.05) is 108 Å². The lowest BCUT2D eigenvalue weighted by molar-refractivity contribution is -0.374. The molecule has 2 aromatic rings. The summed E-state index contributed by atoms with van der Waals surface area (Å²) < 4.78 is 59.6. The Hall–Kier alpha value is -2.64. The van der Waals surface area contributed by atoms with Gasteiger partial charge in [0.15, 0.2) is 31.3 Å². The molecule has 4 saturated carbocycles. The van der Waals surface area contributed by atoms with Gasteiger partial charge in [-0.3, -0.25) is 4.79 Å². The third-order valence-corrected chi connectivity index (χ3v) is 27.6. The molecule has 0 amide bonds. The molecule has 5 aliphatic carbocycles. The quantitative estimate of drug-likeness (QED) is 0.0621. The van der Waals surface area contributed by atoms with Crippen molar-refractivity contribution in [2.45, 2.75) is 290 Å². The van der Waals surface area contributed by atoms with E-state index >= 15 is 4.79 Å². The molecule has 0 aromatic heterocycles. The van der Waals surface area contributed by atoms with Gasteiger partial charge < -0.3 is 124 Å². The van der Waals surface area contributed by atoms with Crippen LogP contribution in [-0.4, -0.2) is 276 Å². The fourth-order valence-corrected chi connectivity index (χ4v) is 21.3. The van der Waals surface area contributed by atoms with Crippen LogP contribution >= 0.6 is 35.8 Å². The van der Waals surface area contributed by atoms with E-state index in [1.165, 1.54) is 33.4 Å². The number of fused-ring (bicyclic) bond motifs is 9. The first-order valence-corrected chi connectivity index (χ1v) is 38.2. The van der Waals surface area contributed by atoms with Gasteiger partial charge in [0, 0.05) is 21.4 Å². The summed E-state index contributed by atoms with van der Waals surface area (Å²) in [7, 11) is 4.21. The lowest BCUT2D eigenvalue weighted by Gasteiger charge is -2.71.